The zero-order chi connectivity index (χ0) is 33.4. The van der Waals surface area contributed by atoms with Crippen molar-refractivity contribution >= 4 is 22.7 Å². The van der Waals surface area contributed by atoms with Crippen LogP contribution < -0.4 is 22.9 Å². The Morgan fingerprint density at radius 3 is 1.18 bits per heavy atom. The molecule has 0 saturated heterocycles. The molecule has 4 rings (SSSR count). The number of rotatable bonds is 2. The molecule has 0 aliphatic rings. The Kier molecular flexibility index (Phi) is 8.99. The number of anilines is 4. The van der Waals surface area contributed by atoms with Gasteiger partial charge in [0, 0.05) is 11.4 Å². The Balaban J connectivity index is 0.000000240. The maximum atomic E-state index is 13.2. The summed E-state index contributed by atoms with van der Waals surface area (Å²) in [5.41, 5.74) is 12.3. The first-order valence-electron chi connectivity index (χ1n) is 11.9. The van der Waals surface area contributed by atoms with Gasteiger partial charge in [-0.1, -0.05) is 36.4 Å². The number of nitrogens with two attached hydrogens (primary N) is 4. The van der Waals surface area contributed by atoms with E-state index in [2.05, 4.69) is 0 Å². The molecule has 0 aliphatic heterocycles. The van der Waals surface area contributed by atoms with Gasteiger partial charge in [0.25, 0.3) is 0 Å². The van der Waals surface area contributed by atoms with Gasteiger partial charge in [-0.15, -0.1) is 0 Å². The minimum atomic E-state index is -4.94. The molecule has 0 atom stereocenters. The van der Waals surface area contributed by atoms with Crippen LogP contribution in [0.15, 0.2) is 72.8 Å². The molecule has 8 N–H and O–H groups in total. The van der Waals surface area contributed by atoms with Gasteiger partial charge in [-0.05, 0) is 58.7 Å². The molecule has 0 amide bonds. The third-order valence-electron chi connectivity index (χ3n) is 6.07. The smallest absolute Gasteiger partial charge is 0.399 e. The fourth-order valence-corrected chi connectivity index (χ4v) is 4.19. The fraction of sp³-hybridized carbons (Fsp3) is 0.143. The molecule has 236 valence electrons. The molecular weight excluding hydrogens is 620 g/mol. The number of hydrogen-bond donors (Lipinski definition) is 4. The number of hydrogen-bond acceptors (Lipinski definition) is 4. The average molecular weight is 640 g/mol. The molecule has 0 fully saturated rings. The first-order chi connectivity index (χ1) is 20.0. The summed E-state index contributed by atoms with van der Waals surface area (Å²) in [6, 6.07) is 11.2. The molecule has 0 aliphatic carbocycles. The molecule has 0 saturated carbocycles. The van der Waals surface area contributed by atoms with Gasteiger partial charge < -0.3 is 22.9 Å². The van der Waals surface area contributed by atoms with E-state index < -0.39 is 74.9 Å². The van der Waals surface area contributed by atoms with E-state index >= 15 is 0 Å². The van der Waals surface area contributed by atoms with Crippen molar-refractivity contribution in [2.24, 2.45) is 0 Å². The topological polar surface area (TPSA) is 104 Å². The van der Waals surface area contributed by atoms with Gasteiger partial charge in [0.15, 0.2) is 0 Å². The third kappa shape index (κ3) is 7.41. The Hall–Kier alpha value is -4.76. The molecule has 4 aromatic rings. The maximum absolute atomic E-state index is 13.2. The molecular formula is C28H20F12N4. The van der Waals surface area contributed by atoms with Crippen molar-refractivity contribution in [2.45, 2.75) is 24.7 Å². The van der Waals surface area contributed by atoms with E-state index in [0.29, 0.717) is 18.2 Å². The lowest BCUT2D eigenvalue weighted by molar-refractivity contribution is -0.139. The fourth-order valence-electron chi connectivity index (χ4n) is 4.19. The summed E-state index contributed by atoms with van der Waals surface area (Å²) in [5.74, 6) is 0. The van der Waals surface area contributed by atoms with Crippen LogP contribution in [-0.4, -0.2) is 0 Å². The van der Waals surface area contributed by atoms with E-state index in [1.807, 2.05) is 0 Å². The summed E-state index contributed by atoms with van der Waals surface area (Å²) in [7, 11) is 0. The first-order valence-corrected chi connectivity index (χ1v) is 11.9. The highest BCUT2D eigenvalue weighted by Gasteiger charge is 2.41. The molecule has 0 bridgehead atoms. The zero-order valence-electron chi connectivity index (χ0n) is 21.8. The van der Waals surface area contributed by atoms with Crippen molar-refractivity contribution in [3.05, 3.63) is 95.1 Å². The van der Waals surface area contributed by atoms with E-state index in [1.54, 1.807) is 0 Å². The predicted molar refractivity (Wildman–Crippen MR) is 141 cm³/mol. The van der Waals surface area contributed by atoms with Crippen molar-refractivity contribution < 1.29 is 52.7 Å². The highest BCUT2D eigenvalue weighted by atomic mass is 19.4. The second kappa shape index (κ2) is 11.7. The molecule has 0 heterocycles. The lowest BCUT2D eigenvalue weighted by Crippen LogP contribution is -2.14. The van der Waals surface area contributed by atoms with E-state index in [4.69, 9.17) is 22.9 Å². The molecule has 0 aromatic heterocycles. The van der Waals surface area contributed by atoms with Crippen LogP contribution in [0.4, 0.5) is 75.4 Å². The molecule has 16 heteroatoms. The molecule has 0 unspecified atom stereocenters. The summed E-state index contributed by atoms with van der Waals surface area (Å²) in [4.78, 5) is 0. The van der Waals surface area contributed by atoms with Crippen LogP contribution in [0.2, 0.25) is 0 Å². The summed E-state index contributed by atoms with van der Waals surface area (Å²) in [5, 5.41) is 0. The molecule has 0 spiro atoms. The van der Waals surface area contributed by atoms with Gasteiger partial charge in [0.1, 0.15) is 0 Å². The van der Waals surface area contributed by atoms with Gasteiger partial charge in [-0.2, -0.15) is 52.7 Å². The second-order valence-electron chi connectivity index (χ2n) is 9.14. The monoisotopic (exact) mass is 640 g/mol. The van der Waals surface area contributed by atoms with Crippen molar-refractivity contribution in [2.75, 3.05) is 22.9 Å². The van der Waals surface area contributed by atoms with Crippen LogP contribution in [0.25, 0.3) is 22.3 Å². The standard InChI is InChI=1S/2C14H10F6N2/c15-13(16,17)11-5-7(21)1-3-9(11)10-4-2-8(22)6-12(10)14(18,19)20;15-13(16,17)9-4-2-1-3-7(9)8-5-6-10(21)12(22)11(8)14(18,19)20/h2*1-6H,21-22H2. The van der Waals surface area contributed by atoms with Crippen molar-refractivity contribution in [3.8, 4) is 22.3 Å². The molecule has 0 radical (unpaired) electrons. The Morgan fingerprint density at radius 1 is 0.386 bits per heavy atom. The minimum Gasteiger partial charge on any atom is -0.399 e. The SMILES string of the molecule is Nc1ccc(-c2ccc(N)cc2C(F)(F)F)c(C(F)(F)F)c1.Nc1ccc(-c2ccccc2C(F)(F)F)c(C(F)(F)F)c1N. The molecule has 4 aromatic carbocycles. The zero-order valence-corrected chi connectivity index (χ0v) is 21.8. The van der Waals surface area contributed by atoms with Gasteiger partial charge >= 0.3 is 24.7 Å². The van der Waals surface area contributed by atoms with Crippen molar-refractivity contribution in [3.63, 3.8) is 0 Å². The highest BCUT2D eigenvalue weighted by molar-refractivity contribution is 5.82. The van der Waals surface area contributed by atoms with Crippen LogP contribution in [0.1, 0.15) is 22.3 Å². The quantitative estimate of drug-likeness (QED) is 0.130. The number of alkyl halides is 12. The van der Waals surface area contributed by atoms with Gasteiger partial charge in [0.05, 0.1) is 33.6 Å². The summed E-state index contributed by atoms with van der Waals surface area (Å²) >= 11 is 0. The van der Waals surface area contributed by atoms with E-state index in [9.17, 15) is 52.7 Å². The summed E-state index contributed by atoms with van der Waals surface area (Å²) in [6.07, 6.45) is -19.4. The summed E-state index contributed by atoms with van der Waals surface area (Å²) < 4.78 is 157. The van der Waals surface area contributed by atoms with Crippen LogP contribution >= 0.6 is 0 Å². The minimum absolute atomic E-state index is 0.194. The second-order valence-corrected chi connectivity index (χ2v) is 9.14. The normalized spacial score (nSPS) is 12.5. The third-order valence-corrected chi connectivity index (χ3v) is 6.07. The van der Waals surface area contributed by atoms with Crippen LogP contribution in [0.3, 0.4) is 0 Å². The van der Waals surface area contributed by atoms with Crippen molar-refractivity contribution in [1.29, 1.82) is 0 Å². The van der Waals surface area contributed by atoms with Crippen molar-refractivity contribution in [1.82, 2.24) is 0 Å². The van der Waals surface area contributed by atoms with Crippen LogP contribution in [0, 0.1) is 0 Å². The first kappa shape index (κ1) is 33.7. The van der Waals surface area contributed by atoms with Crippen LogP contribution in [0.5, 0.6) is 0 Å². The largest absolute Gasteiger partial charge is 0.419 e. The van der Waals surface area contributed by atoms with Gasteiger partial charge in [-0.25, -0.2) is 0 Å². The Bertz CT molecular complexity index is 1590. The number of benzene rings is 4. The lowest BCUT2D eigenvalue weighted by Gasteiger charge is -2.19. The number of nitrogen functional groups attached to an aromatic ring is 4. The molecule has 4 nitrogen and oxygen atoms in total. The maximum Gasteiger partial charge on any atom is 0.419 e. The van der Waals surface area contributed by atoms with E-state index in [-0.39, 0.29) is 17.1 Å². The Morgan fingerprint density at radius 2 is 0.773 bits per heavy atom. The average Bonchev–Trinajstić information content (AvgIpc) is 2.88. The number of halogens is 12. The van der Waals surface area contributed by atoms with E-state index in [0.717, 1.165) is 48.5 Å². The molecule has 44 heavy (non-hydrogen) atoms. The van der Waals surface area contributed by atoms with Gasteiger partial charge in [0.2, 0.25) is 0 Å². The predicted octanol–water partition coefficient (Wildman–Crippen LogP) is 9.11. The van der Waals surface area contributed by atoms with E-state index in [1.165, 1.54) is 6.07 Å². The summed E-state index contributed by atoms with van der Waals surface area (Å²) in [6.45, 7) is 0. The lowest BCUT2D eigenvalue weighted by atomic mass is 9.93. The van der Waals surface area contributed by atoms with Gasteiger partial charge in [-0.3, -0.25) is 0 Å². The Labute approximate surface area is 240 Å². The highest BCUT2D eigenvalue weighted by Crippen LogP contribution is 2.46. The van der Waals surface area contributed by atoms with Crippen LogP contribution in [-0.2, 0) is 24.7 Å².